The summed E-state index contributed by atoms with van der Waals surface area (Å²) in [5.41, 5.74) is 5.73. The van der Waals surface area contributed by atoms with Gasteiger partial charge in [-0.3, -0.25) is 4.79 Å². The predicted octanol–water partition coefficient (Wildman–Crippen LogP) is 1.09. The number of amides is 1. The molecule has 0 spiro atoms. The molecule has 5 nitrogen and oxygen atoms in total. The summed E-state index contributed by atoms with van der Waals surface area (Å²) >= 11 is 0. The Balaban J connectivity index is 4.35. The molecule has 0 rings (SSSR count). The maximum Gasteiger partial charge on any atom is 0.222 e. The van der Waals surface area contributed by atoms with E-state index in [0.29, 0.717) is 18.9 Å². The lowest BCUT2D eigenvalue weighted by Crippen LogP contribution is -2.37. The highest BCUT2D eigenvalue weighted by Gasteiger charge is 2.17. The molecule has 1 atom stereocenters. The van der Waals surface area contributed by atoms with Crippen molar-refractivity contribution in [1.29, 1.82) is 0 Å². The molecule has 0 aromatic rings. The van der Waals surface area contributed by atoms with Crippen molar-refractivity contribution in [3.05, 3.63) is 0 Å². The third-order valence-corrected chi connectivity index (χ3v) is 3.79. The molecule has 0 bridgehead atoms. The highest BCUT2D eigenvalue weighted by molar-refractivity contribution is 5.76. The topological polar surface area (TPSA) is 52.8 Å². The van der Waals surface area contributed by atoms with Crippen LogP contribution in [0, 0.1) is 5.92 Å². The van der Waals surface area contributed by atoms with Gasteiger partial charge in [-0.15, -0.1) is 0 Å². The Morgan fingerprint density at radius 3 is 1.76 bits per heavy atom. The van der Waals surface area contributed by atoms with E-state index in [1.54, 1.807) is 0 Å². The fourth-order valence-electron chi connectivity index (χ4n) is 2.29. The lowest BCUT2D eigenvalue weighted by atomic mass is 10.0. The average molecular weight is 300 g/mol. The van der Waals surface area contributed by atoms with E-state index in [9.17, 15) is 4.79 Å². The van der Waals surface area contributed by atoms with Gasteiger partial charge >= 0.3 is 0 Å². The molecule has 0 radical (unpaired) electrons. The highest BCUT2D eigenvalue weighted by Crippen LogP contribution is 2.10. The van der Waals surface area contributed by atoms with Gasteiger partial charge in [0.15, 0.2) is 0 Å². The van der Waals surface area contributed by atoms with Crippen LogP contribution in [0.3, 0.4) is 0 Å². The summed E-state index contributed by atoms with van der Waals surface area (Å²) < 4.78 is 0. The summed E-state index contributed by atoms with van der Waals surface area (Å²) in [6.45, 7) is 6.45. The Morgan fingerprint density at radius 1 is 0.952 bits per heavy atom. The lowest BCUT2D eigenvalue weighted by molar-refractivity contribution is -0.132. The summed E-state index contributed by atoms with van der Waals surface area (Å²) in [4.78, 5) is 18.8. The second-order valence-electron chi connectivity index (χ2n) is 6.41. The number of hydrogen-bond acceptors (Lipinski definition) is 4. The van der Waals surface area contributed by atoms with Gasteiger partial charge in [0.05, 0.1) is 0 Å². The molecule has 0 aromatic carbocycles. The summed E-state index contributed by atoms with van der Waals surface area (Å²) in [6, 6.07) is 0. The highest BCUT2D eigenvalue weighted by atomic mass is 16.2. The molecule has 0 saturated heterocycles. The fraction of sp³-hybridized carbons (Fsp3) is 0.938. The first-order valence-corrected chi connectivity index (χ1v) is 8.18. The Labute approximate surface area is 131 Å². The first-order valence-electron chi connectivity index (χ1n) is 8.18. The first-order chi connectivity index (χ1) is 9.90. The number of carbonyl (C=O) groups is 1. The Hall–Kier alpha value is -0.650. The van der Waals surface area contributed by atoms with Gasteiger partial charge in [0.1, 0.15) is 0 Å². The Bertz CT molecular complexity index is 251. The molecule has 0 aromatic heterocycles. The van der Waals surface area contributed by atoms with Crippen molar-refractivity contribution in [2.24, 2.45) is 11.7 Å². The standard InChI is InChI=1S/C16H36N4O/c1-6-15(14-17)13-16(21)20(11-7-9-18(2)3)12-8-10-19(4)5/h15H,6-14,17H2,1-5H3. The lowest BCUT2D eigenvalue weighted by Gasteiger charge is -2.26. The van der Waals surface area contributed by atoms with E-state index in [1.165, 1.54) is 0 Å². The molecular weight excluding hydrogens is 264 g/mol. The van der Waals surface area contributed by atoms with Gasteiger partial charge in [0, 0.05) is 19.5 Å². The van der Waals surface area contributed by atoms with E-state index in [0.717, 1.165) is 45.4 Å². The molecule has 21 heavy (non-hydrogen) atoms. The number of rotatable bonds is 12. The monoisotopic (exact) mass is 300 g/mol. The van der Waals surface area contributed by atoms with Crippen molar-refractivity contribution in [3.8, 4) is 0 Å². The number of hydrogen-bond donors (Lipinski definition) is 1. The normalized spacial score (nSPS) is 13.0. The second kappa shape index (κ2) is 12.0. The van der Waals surface area contributed by atoms with Gasteiger partial charge < -0.3 is 20.4 Å². The van der Waals surface area contributed by atoms with Crippen molar-refractivity contribution in [2.75, 3.05) is 60.9 Å². The fourth-order valence-corrected chi connectivity index (χ4v) is 2.29. The molecule has 0 aliphatic heterocycles. The summed E-state index contributed by atoms with van der Waals surface area (Å²) in [6.07, 6.45) is 3.63. The summed E-state index contributed by atoms with van der Waals surface area (Å²) in [7, 11) is 8.28. The third kappa shape index (κ3) is 10.7. The van der Waals surface area contributed by atoms with E-state index in [1.807, 2.05) is 4.90 Å². The van der Waals surface area contributed by atoms with Gasteiger partial charge in [-0.1, -0.05) is 13.3 Å². The van der Waals surface area contributed by atoms with E-state index in [2.05, 4.69) is 44.9 Å². The predicted molar refractivity (Wildman–Crippen MR) is 90.4 cm³/mol. The molecule has 0 aliphatic rings. The molecule has 1 amide bonds. The Kier molecular flexibility index (Phi) is 11.6. The van der Waals surface area contributed by atoms with Crippen LogP contribution in [0.25, 0.3) is 0 Å². The van der Waals surface area contributed by atoms with Gasteiger partial charge in [-0.05, 0) is 66.6 Å². The van der Waals surface area contributed by atoms with Crippen molar-refractivity contribution in [3.63, 3.8) is 0 Å². The smallest absolute Gasteiger partial charge is 0.222 e. The molecule has 0 aliphatic carbocycles. The van der Waals surface area contributed by atoms with Crippen LogP contribution >= 0.6 is 0 Å². The van der Waals surface area contributed by atoms with Crippen LogP contribution in [0.15, 0.2) is 0 Å². The van der Waals surface area contributed by atoms with E-state index < -0.39 is 0 Å². The van der Waals surface area contributed by atoms with Crippen LogP contribution in [-0.4, -0.2) is 81.5 Å². The van der Waals surface area contributed by atoms with E-state index in [4.69, 9.17) is 5.73 Å². The van der Waals surface area contributed by atoms with Gasteiger partial charge in [0.2, 0.25) is 5.91 Å². The molecule has 0 saturated carbocycles. The SMILES string of the molecule is CCC(CN)CC(=O)N(CCCN(C)C)CCCN(C)C. The second-order valence-corrected chi connectivity index (χ2v) is 6.41. The molecule has 126 valence electrons. The quantitative estimate of drug-likeness (QED) is 0.586. The Morgan fingerprint density at radius 2 is 1.43 bits per heavy atom. The van der Waals surface area contributed by atoms with Crippen molar-refractivity contribution < 1.29 is 4.79 Å². The van der Waals surface area contributed by atoms with E-state index in [-0.39, 0.29) is 5.91 Å². The van der Waals surface area contributed by atoms with Crippen LogP contribution in [-0.2, 0) is 4.79 Å². The average Bonchev–Trinajstić information content (AvgIpc) is 2.42. The minimum atomic E-state index is 0.268. The molecule has 0 heterocycles. The molecule has 0 fully saturated rings. The molecular formula is C16H36N4O. The number of nitrogens with zero attached hydrogens (tertiary/aromatic N) is 3. The zero-order chi connectivity index (χ0) is 16.3. The minimum Gasteiger partial charge on any atom is -0.343 e. The van der Waals surface area contributed by atoms with Crippen LogP contribution in [0.5, 0.6) is 0 Å². The van der Waals surface area contributed by atoms with Crippen LogP contribution < -0.4 is 5.73 Å². The third-order valence-electron chi connectivity index (χ3n) is 3.79. The van der Waals surface area contributed by atoms with Crippen molar-refractivity contribution >= 4 is 5.91 Å². The zero-order valence-electron chi connectivity index (χ0n) is 14.8. The largest absolute Gasteiger partial charge is 0.343 e. The van der Waals surface area contributed by atoms with Crippen molar-refractivity contribution in [1.82, 2.24) is 14.7 Å². The maximum atomic E-state index is 12.5. The van der Waals surface area contributed by atoms with Gasteiger partial charge in [0.25, 0.3) is 0 Å². The zero-order valence-corrected chi connectivity index (χ0v) is 14.8. The molecule has 1 unspecified atom stereocenters. The first kappa shape index (κ1) is 20.3. The molecule has 5 heteroatoms. The van der Waals surface area contributed by atoms with Crippen molar-refractivity contribution in [2.45, 2.75) is 32.6 Å². The van der Waals surface area contributed by atoms with Gasteiger partial charge in [-0.25, -0.2) is 0 Å². The number of carbonyl (C=O) groups excluding carboxylic acids is 1. The van der Waals surface area contributed by atoms with Crippen LogP contribution in [0.2, 0.25) is 0 Å². The van der Waals surface area contributed by atoms with Gasteiger partial charge in [-0.2, -0.15) is 0 Å². The van der Waals surface area contributed by atoms with Crippen LogP contribution in [0.4, 0.5) is 0 Å². The summed E-state index contributed by atoms with van der Waals surface area (Å²) in [5, 5.41) is 0. The molecule has 2 N–H and O–H groups in total. The minimum absolute atomic E-state index is 0.268. The van der Waals surface area contributed by atoms with Crippen LogP contribution in [0.1, 0.15) is 32.6 Å². The maximum absolute atomic E-state index is 12.5. The summed E-state index contributed by atoms with van der Waals surface area (Å²) in [5.74, 6) is 0.590. The number of nitrogens with two attached hydrogens (primary N) is 1. The van der Waals surface area contributed by atoms with E-state index >= 15 is 0 Å².